The van der Waals surface area contributed by atoms with Crippen LogP contribution in [0.4, 0.5) is 0 Å². The van der Waals surface area contributed by atoms with E-state index >= 15 is 0 Å². The van der Waals surface area contributed by atoms with E-state index in [-0.39, 0.29) is 5.54 Å². The Labute approximate surface area is 69.6 Å². The molecule has 0 bridgehead atoms. The Morgan fingerprint density at radius 1 is 1.45 bits per heavy atom. The van der Waals surface area contributed by atoms with E-state index in [2.05, 4.69) is 18.7 Å². The minimum atomic E-state index is -0.315. The monoisotopic (exact) mass is 157 g/mol. The van der Waals surface area contributed by atoms with Crippen molar-refractivity contribution in [2.75, 3.05) is 13.6 Å². The zero-order chi connectivity index (χ0) is 9.07. The van der Waals surface area contributed by atoms with Crippen molar-refractivity contribution in [3.05, 3.63) is 0 Å². The van der Waals surface area contributed by atoms with Crippen LogP contribution in [0.25, 0.3) is 0 Å². The number of rotatable bonds is 4. The molecule has 0 heterocycles. The van der Waals surface area contributed by atoms with Gasteiger partial charge in [0.2, 0.25) is 0 Å². The molecule has 0 aliphatic heterocycles. The van der Waals surface area contributed by atoms with Crippen LogP contribution in [-0.2, 0) is 4.79 Å². The highest BCUT2D eigenvalue weighted by atomic mass is 16.1. The van der Waals surface area contributed by atoms with Gasteiger partial charge in [0.05, 0.1) is 5.54 Å². The molecule has 0 atom stereocenters. The van der Waals surface area contributed by atoms with Crippen molar-refractivity contribution in [2.24, 2.45) is 5.92 Å². The van der Waals surface area contributed by atoms with Crippen LogP contribution in [0.1, 0.15) is 27.7 Å². The molecule has 2 nitrogen and oxygen atoms in total. The van der Waals surface area contributed by atoms with E-state index in [9.17, 15) is 4.79 Å². The maximum absolute atomic E-state index is 10.6. The Balaban J connectivity index is 4.01. The first-order valence-corrected chi connectivity index (χ1v) is 4.07. The highest BCUT2D eigenvalue weighted by molar-refractivity contribution is 5.62. The first-order valence-electron chi connectivity index (χ1n) is 4.07. The SMILES string of the molecule is CC(C)CN(C)C(C)(C)C=O. The zero-order valence-electron chi connectivity index (χ0n) is 8.22. The minimum absolute atomic E-state index is 0.315. The van der Waals surface area contributed by atoms with E-state index in [1.807, 2.05) is 20.9 Å². The van der Waals surface area contributed by atoms with Crippen LogP contribution in [0.15, 0.2) is 0 Å². The largest absolute Gasteiger partial charge is 0.301 e. The second kappa shape index (κ2) is 3.86. The van der Waals surface area contributed by atoms with Crippen LogP contribution in [0, 0.1) is 5.92 Å². The third-order valence-corrected chi connectivity index (χ3v) is 1.91. The summed E-state index contributed by atoms with van der Waals surface area (Å²) in [6.07, 6.45) is 0.995. The molecule has 66 valence electrons. The van der Waals surface area contributed by atoms with Gasteiger partial charge in [-0.2, -0.15) is 0 Å². The molecule has 0 spiro atoms. The van der Waals surface area contributed by atoms with Crippen molar-refractivity contribution in [1.29, 1.82) is 0 Å². The summed E-state index contributed by atoms with van der Waals surface area (Å²) in [4.78, 5) is 12.7. The molecule has 11 heavy (non-hydrogen) atoms. The molecule has 0 aliphatic rings. The van der Waals surface area contributed by atoms with Gasteiger partial charge in [-0.05, 0) is 26.8 Å². The first-order chi connectivity index (χ1) is 4.90. The molecule has 0 unspecified atom stereocenters. The second-order valence-electron chi connectivity index (χ2n) is 4.05. The van der Waals surface area contributed by atoms with Gasteiger partial charge in [-0.3, -0.25) is 4.90 Å². The predicted molar refractivity (Wildman–Crippen MR) is 47.6 cm³/mol. The molecule has 0 rings (SSSR count). The Morgan fingerprint density at radius 3 is 2.18 bits per heavy atom. The van der Waals surface area contributed by atoms with Crippen LogP contribution in [0.5, 0.6) is 0 Å². The van der Waals surface area contributed by atoms with Gasteiger partial charge in [0.15, 0.2) is 0 Å². The number of likely N-dealkylation sites (N-methyl/N-ethyl adjacent to an activating group) is 1. The van der Waals surface area contributed by atoms with E-state index in [4.69, 9.17) is 0 Å². The standard InChI is InChI=1S/C9H19NO/c1-8(2)6-10(5)9(3,4)7-11/h7-8H,6H2,1-5H3. The second-order valence-corrected chi connectivity index (χ2v) is 4.05. The normalized spacial score (nSPS) is 12.6. The van der Waals surface area contributed by atoms with Gasteiger partial charge >= 0.3 is 0 Å². The Kier molecular flexibility index (Phi) is 3.73. The lowest BCUT2D eigenvalue weighted by molar-refractivity contribution is -0.116. The lowest BCUT2D eigenvalue weighted by Crippen LogP contribution is -2.44. The minimum Gasteiger partial charge on any atom is -0.301 e. The van der Waals surface area contributed by atoms with Gasteiger partial charge in [0.25, 0.3) is 0 Å². The lowest BCUT2D eigenvalue weighted by Gasteiger charge is -2.31. The lowest BCUT2D eigenvalue weighted by atomic mass is 10.0. The van der Waals surface area contributed by atoms with Gasteiger partial charge in [-0.25, -0.2) is 0 Å². The molecule has 0 amide bonds. The maximum Gasteiger partial charge on any atom is 0.139 e. The Morgan fingerprint density at radius 2 is 1.91 bits per heavy atom. The summed E-state index contributed by atoms with van der Waals surface area (Å²) in [6, 6.07) is 0. The van der Waals surface area contributed by atoms with Gasteiger partial charge in [-0.15, -0.1) is 0 Å². The molecule has 2 heteroatoms. The maximum atomic E-state index is 10.6. The van der Waals surface area contributed by atoms with Crippen molar-refractivity contribution in [1.82, 2.24) is 4.90 Å². The van der Waals surface area contributed by atoms with E-state index in [1.54, 1.807) is 0 Å². The zero-order valence-corrected chi connectivity index (χ0v) is 8.22. The fraction of sp³-hybridized carbons (Fsp3) is 0.889. The molecule has 0 saturated heterocycles. The number of aldehydes is 1. The van der Waals surface area contributed by atoms with Crippen LogP contribution in [0.3, 0.4) is 0 Å². The summed E-state index contributed by atoms with van der Waals surface area (Å²) in [5.41, 5.74) is -0.315. The summed E-state index contributed by atoms with van der Waals surface area (Å²) in [6.45, 7) is 9.13. The molecule has 0 fully saturated rings. The summed E-state index contributed by atoms with van der Waals surface area (Å²) in [5, 5.41) is 0. The first kappa shape index (κ1) is 10.6. The molecular formula is C9H19NO. The summed E-state index contributed by atoms with van der Waals surface area (Å²) in [5.74, 6) is 0.610. The Hall–Kier alpha value is -0.370. The Bertz CT molecular complexity index is 130. The van der Waals surface area contributed by atoms with Gasteiger partial charge in [0, 0.05) is 6.54 Å². The fourth-order valence-corrected chi connectivity index (χ4v) is 0.873. The average Bonchev–Trinajstić information content (AvgIpc) is 1.86. The van der Waals surface area contributed by atoms with E-state index in [0.717, 1.165) is 12.8 Å². The fourth-order valence-electron chi connectivity index (χ4n) is 0.873. The van der Waals surface area contributed by atoms with Crippen molar-refractivity contribution in [3.8, 4) is 0 Å². The van der Waals surface area contributed by atoms with Crippen molar-refractivity contribution in [2.45, 2.75) is 33.2 Å². The number of hydrogen-bond acceptors (Lipinski definition) is 2. The third-order valence-electron chi connectivity index (χ3n) is 1.91. The molecule has 0 aliphatic carbocycles. The summed E-state index contributed by atoms with van der Waals surface area (Å²) < 4.78 is 0. The van der Waals surface area contributed by atoms with Crippen molar-refractivity contribution in [3.63, 3.8) is 0 Å². The molecule has 0 aromatic heterocycles. The quantitative estimate of drug-likeness (QED) is 0.577. The number of nitrogens with zero attached hydrogens (tertiary/aromatic N) is 1. The molecular weight excluding hydrogens is 138 g/mol. The number of hydrogen-bond donors (Lipinski definition) is 0. The number of carbonyl (C=O) groups excluding carboxylic acids is 1. The van der Waals surface area contributed by atoms with Crippen LogP contribution >= 0.6 is 0 Å². The van der Waals surface area contributed by atoms with E-state index in [1.165, 1.54) is 0 Å². The smallest absolute Gasteiger partial charge is 0.139 e. The summed E-state index contributed by atoms with van der Waals surface area (Å²) in [7, 11) is 1.98. The van der Waals surface area contributed by atoms with E-state index < -0.39 is 0 Å². The van der Waals surface area contributed by atoms with Gasteiger partial charge in [0.1, 0.15) is 6.29 Å². The van der Waals surface area contributed by atoms with E-state index in [0.29, 0.717) is 5.92 Å². The predicted octanol–water partition coefficient (Wildman–Crippen LogP) is 1.55. The van der Waals surface area contributed by atoms with Crippen LogP contribution in [0.2, 0.25) is 0 Å². The molecule has 0 N–H and O–H groups in total. The number of carbonyl (C=O) groups is 1. The average molecular weight is 157 g/mol. The van der Waals surface area contributed by atoms with Crippen molar-refractivity contribution >= 4 is 6.29 Å². The highest BCUT2D eigenvalue weighted by Gasteiger charge is 2.22. The molecule has 0 aromatic rings. The topological polar surface area (TPSA) is 20.3 Å². The van der Waals surface area contributed by atoms with Gasteiger partial charge < -0.3 is 4.79 Å². The van der Waals surface area contributed by atoms with Gasteiger partial charge in [-0.1, -0.05) is 13.8 Å². The molecule has 0 radical (unpaired) electrons. The highest BCUT2D eigenvalue weighted by Crippen LogP contribution is 2.10. The molecule has 0 saturated carbocycles. The van der Waals surface area contributed by atoms with Crippen LogP contribution < -0.4 is 0 Å². The molecule has 0 aromatic carbocycles. The summed E-state index contributed by atoms with van der Waals surface area (Å²) >= 11 is 0. The van der Waals surface area contributed by atoms with Crippen molar-refractivity contribution < 1.29 is 4.79 Å². The van der Waals surface area contributed by atoms with Crippen LogP contribution in [-0.4, -0.2) is 30.3 Å². The third kappa shape index (κ3) is 3.51.